The molecule has 3 aromatic rings. The van der Waals surface area contributed by atoms with Crippen LogP contribution >= 0.6 is 11.6 Å². The van der Waals surface area contributed by atoms with Crippen molar-refractivity contribution in [3.63, 3.8) is 0 Å². The molecule has 0 amide bonds. The standard InChI is InChI=1S/C17H15ClO2/c1-19-8-9-20-17-15-5-3-2-4-12(15)10-13-11-14(18)6-7-16(13)17/h2-7,10-11H,8-9H2,1H3. The minimum Gasteiger partial charge on any atom is -0.490 e. The summed E-state index contributed by atoms with van der Waals surface area (Å²) >= 11 is 6.09. The molecule has 0 aromatic heterocycles. The Bertz CT molecular complexity index is 752. The first-order chi connectivity index (χ1) is 9.79. The first kappa shape index (κ1) is 13.2. The SMILES string of the molecule is COCCOc1c2ccccc2cc2cc(Cl)ccc12. The third kappa shape index (κ3) is 2.45. The fraction of sp³-hybridized carbons (Fsp3) is 0.176. The zero-order valence-corrected chi connectivity index (χ0v) is 12.0. The molecule has 0 saturated heterocycles. The topological polar surface area (TPSA) is 18.5 Å². The lowest BCUT2D eigenvalue weighted by atomic mass is 10.0. The monoisotopic (exact) mass is 286 g/mol. The number of halogens is 1. The maximum Gasteiger partial charge on any atom is 0.135 e. The molecule has 0 N–H and O–H groups in total. The molecule has 0 fully saturated rings. The average molecular weight is 287 g/mol. The Morgan fingerprint density at radius 2 is 1.70 bits per heavy atom. The highest BCUT2D eigenvalue weighted by Crippen LogP contribution is 2.35. The van der Waals surface area contributed by atoms with Crippen LogP contribution < -0.4 is 4.74 Å². The summed E-state index contributed by atoms with van der Waals surface area (Å²) in [7, 11) is 1.67. The van der Waals surface area contributed by atoms with Crippen LogP contribution in [0.2, 0.25) is 5.02 Å². The first-order valence-electron chi connectivity index (χ1n) is 6.52. The molecule has 3 aromatic carbocycles. The Labute approximate surface area is 122 Å². The van der Waals surface area contributed by atoms with Crippen LogP contribution in [-0.2, 0) is 4.74 Å². The van der Waals surface area contributed by atoms with Gasteiger partial charge in [-0.05, 0) is 35.0 Å². The van der Waals surface area contributed by atoms with Gasteiger partial charge in [-0.15, -0.1) is 0 Å². The molecule has 0 heterocycles. The van der Waals surface area contributed by atoms with Crippen LogP contribution in [0.1, 0.15) is 0 Å². The lowest BCUT2D eigenvalue weighted by molar-refractivity contribution is 0.148. The second-order valence-corrected chi connectivity index (χ2v) is 5.07. The number of hydrogen-bond acceptors (Lipinski definition) is 2. The molecule has 0 spiro atoms. The van der Waals surface area contributed by atoms with E-state index in [4.69, 9.17) is 21.1 Å². The Morgan fingerprint density at radius 3 is 2.55 bits per heavy atom. The zero-order valence-electron chi connectivity index (χ0n) is 11.2. The van der Waals surface area contributed by atoms with Gasteiger partial charge in [-0.3, -0.25) is 0 Å². The number of benzene rings is 3. The van der Waals surface area contributed by atoms with Crippen molar-refractivity contribution in [1.29, 1.82) is 0 Å². The lowest BCUT2D eigenvalue weighted by Gasteiger charge is -2.13. The van der Waals surface area contributed by atoms with Crippen molar-refractivity contribution >= 4 is 33.1 Å². The average Bonchev–Trinajstić information content (AvgIpc) is 2.46. The quantitative estimate of drug-likeness (QED) is 0.512. The van der Waals surface area contributed by atoms with Gasteiger partial charge in [-0.2, -0.15) is 0 Å². The van der Waals surface area contributed by atoms with Crippen molar-refractivity contribution < 1.29 is 9.47 Å². The third-order valence-electron chi connectivity index (χ3n) is 3.31. The molecule has 0 aliphatic heterocycles. The fourth-order valence-corrected chi connectivity index (χ4v) is 2.57. The molecule has 0 radical (unpaired) electrons. The van der Waals surface area contributed by atoms with Gasteiger partial charge in [0.05, 0.1) is 6.61 Å². The molecule has 20 heavy (non-hydrogen) atoms. The van der Waals surface area contributed by atoms with Crippen molar-refractivity contribution in [1.82, 2.24) is 0 Å². The Kier molecular flexibility index (Phi) is 3.77. The van der Waals surface area contributed by atoms with Gasteiger partial charge in [0.25, 0.3) is 0 Å². The van der Waals surface area contributed by atoms with Crippen molar-refractivity contribution in [2.24, 2.45) is 0 Å². The van der Waals surface area contributed by atoms with E-state index in [0.29, 0.717) is 13.2 Å². The minimum atomic E-state index is 0.530. The molecule has 0 unspecified atom stereocenters. The van der Waals surface area contributed by atoms with E-state index in [2.05, 4.69) is 18.2 Å². The molecule has 2 nitrogen and oxygen atoms in total. The van der Waals surface area contributed by atoms with Gasteiger partial charge in [0.2, 0.25) is 0 Å². The summed E-state index contributed by atoms with van der Waals surface area (Å²) in [6.07, 6.45) is 0. The van der Waals surface area contributed by atoms with E-state index in [1.54, 1.807) is 7.11 Å². The number of methoxy groups -OCH3 is 1. The Balaban J connectivity index is 2.23. The van der Waals surface area contributed by atoms with E-state index in [0.717, 1.165) is 32.3 Å². The smallest absolute Gasteiger partial charge is 0.135 e. The van der Waals surface area contributed by atoms with E-state index in [1.807, 2.05) is 30.3 Å². The van der Waals surface area contributed by atoms with E-state index >= 15 is 0 Å². The van der Waals surface area contributed by atoms with E-state index in [9.17, 15) is 0 Å². The fourth-order valence-electron chi connectivity index (χ4n) is 2.38. The maximum absolute atomic E-state index is 6.09. The normalized spacial score (nSPS) is 11.1. The van der Waals surface area contributed by atoms with Gasteiger partial charge in [-0.1, -0.05) is 35.9 Å². The molecule has 0 aliphatic rings. The molecule has 0 saturated carbocycles. The lowest BCUT2D eigenvalue weighted by Crippen LogP contribution is -2.05. The summed E-state index contributed by atoms with van der Waals surface area (Å²) in [5.41, 5.74) is 0. The van der Waals surface area contributed by atoms with Crippen molar-refractivity contribution in [3.05, 3.63) is 53.6 Å². The van der Waals surface area contributed by atoms with Gasteiger partial charge in [0.1, 0.15) is 12.4 Å². The molecule has 3 heteroatoms. The Morgan fingerprint density at radius 1 is 0.900 bits per heavy atom. The van der Waals surface area contributed by atoms with Crippen molar-refractivity contribution in [3.8, 4) is 5.75 Å². The largest absolute Gasteiger partial charge is 0.490 e. The maximum atomic E-state index is 6.09. The third-order valence-corrected chi connectivity index (χ3v) is 3.54. The summed E-state index contributed by atoms with van der Waals surface area (Å²) in [4.78, 5) is 0. The van der Waals surface area contributed by atoms with Crippen LogP contribution in [-0.4, -0.2) is 20.3 Å². The van der Waals surface area contributed by atoms with Crippen LogP contribution in [0.4, 0.5) is 0 Å². The Hall–Kier alpha value is -1.77. The highest BCUT2D eigenvalue weighted by Gasteiger charge is 2.09. The van der Waals surface area contributed by atoms with Crippen LogP contribution in [0.3, 0.4) is 0 Å². The molecule has 3 rings (SSSR count). The van der Waals surface area contributed by atoms with E-state index in [1.165, 1.54) is 0 Å². The molecule has 102 valence electrons. The van der Waals surface area contributed by atoms with Crippen molar-refractivity contribution in [2.45, 2.75) is 0 Å². The summed E-state index contributed by atoms with van der Waals surface area (Å²) in [5.74, 6) is 0.895. The van der Waals surface area contributed by atoms with Gasteiger partial charge >= 0.3 is 0 Å². The molecular weight excluding hydrogens is 272 g/mol. The van der Waals surface area contributed by atoms with Crippen LogP contribution in [0.5, 0.6) is 5.75 Å². The number of rotatable bonds is 4. The highest BCUT2D eigenvalue weighted by molar-refractivity contribution is 6.31. The number of ether oxygens (including phenoxy) is 2. The summed E-state index contributed by atoms with van der Waals surface area (Å²) < 4.78 is 11.0. The van der Waals surface area contributed by atoms with Gasteiger partial charge in [-0.25, -0.2) is 0 Å². The number of hydrogen-bond donors (Lipinski definition) is 0. The zero-order chi connectivity index (χ0) is 13.9. The second-order valence-electron chi connectivity index (χ2n) is 4.63. The molecule has 0 aliphatic carbocycles. The van der Waals surface area contributed by atoms with Crippen LogP contribution in [0, 0.1) is 0 Å². The predicted molar refractivity (Wildman–Crippen MR) is 83.8 cm³/mol. The van der Waals surface area contributed by atoms with Crippen molar-refractivity contribution in [2.75, 3.05) is 20.3 Å². The van der Waals surface area contributed by atoms with Gasteiger partial charge in [0, 0.05) is 22.9 Å². The second kappa shape index (κ2) is 5.70. The minimum absolute atomic E-state index is 0.530. The van der Waals surface area contributed by atoms with Gasteiger partial charge in [0.15, 0.2) is 0 Å². The number of fused-ring (bicyclic) bond motifs is 2. The van der Waals surface area contributed by atoms with Crippen LogP contribution in [0.25, 0.3) is 21.5 Å². The summed E-state index contributed by atoms with van der Waals surface area (Å²) in [6.45, 7) is 1.10. The van der Waals surface area contributed by atoms with Gasteiger partial charge < -0.3 is 9.47 Å². The predicted octanol–water partition coefficient (Wildman–Crippen LogP) is 4.67. The first-order valence-corrected chi connectivity index (χ1v) is 6.90. The molecule has 0 atom stereocenters. The summed E-state index contributed by atoms with van der Waals surface area (Å²) in [6, 6.07) is 16.2. The molecule has 0 bridgehead atoms. The highest BCUT2D eigenvalue weighted by atomic mass is 35.5. The molecular formula is C17H15ClO2. The van der Waals surface area contributed by atoms with E-state index < -0.39 is 0 Å². The van der Waals surface area contributed by atoms with Crippen LogP contribution in [0.15, 0.2) is 48.5 Å². The van der Waals surface area contributed by atoms with E-state index in [-0.39, 0.29) is 0 Å². The summed E-state index contributed by atoms with van der Waals surface area (Å²) in [5, 5.41) is 5.15.